The number of nitrogens with zero attached hydrogens (tertiary/aromatic N) is 2. The van der Waals surface area contributed by atoms with Crippen molar-refractivity contribution < 1.29 is 0 Å². The molecular weight excluding hydrogens is 244 g/mol. The van der Waals surface area contributed by atoms with E-state index in [1.54, 1.807) is 0 Å². The Bertz CT molecular complexity index is 328. The van der Waals surface area contributed by atoms with Crippen LogP contribution in [0.3, 0.4) is 0 Å². The van der Waals surface area contributed by atoms with E-state index in [0.717, 1.165) is 6.54 Å². The van der Waals surface area contributed by atoms with E-state index in [-0.39, 0.29) is 0 Å². The van der Waals surface area contributed by atoms with E-state index in [1.807, 2.05) is 6.20 Å². The summed E-state index contributed by atoms with van der Waals surface area (Å²) in [5.41, 5.74) is 0. The van der Waals surface area contributed by atoms with E-state index in [2.05, 4.69) is 36.5 Å². The Morgan fingerprint density at radius 1 is 0.900 bits per heavy atom. The average Bonchev–Trinajstić information content (AvgIpc) is 2.89. The Morgan fingerprint density at radius 3 is 2.00 bits per heavy atom. The maximum Gasteiger partial charge on any atom is 0.111 e. The highest BCUT2D eigenvalue weighted by molar-refractivity contribution is 4.97. The molecule has 0 atom stereocenters. The SMILES string of the molecule is CCCCCCCCCCCCn1ccnc1C(C)C. The average molecular weight is 278 g/mol. The molecule has 2 heteroatoms. The van der Waals surface area contributed by atoms with Crippen molar-refractivity contribution in [3.63, 3.8) is 0 Å². The molecule has 1 heterocycles. The highest BCUT2D eigenvalue weighted by Crippen LogP contribution is 2.14. The Hall–Kier alpha value is -0.790. The molecule has 0 amide bonds. The lowest BCUT2D eigenvalue weighted by atomic mass is 10.1. The molecule has 0 saturated heterocycles. The molecule has 1 aromatic rings. The Balaban J connectivity index is 1.96. The lowest BCUT2D eigenvalue weighted by Gasteiger charge is -2.10. The largest absolute Gasteiger partial charge is 0.335 e. The van der Waals surface area contributed by atoms with E-state index in [4.69, 9.17) is 0 Å². The first-order chi connectivity index (χ1) is 9.75. The van der Waals surface area contributed by atoms with Crippen LogP contribution < -0.4 is 0 Å². The van der Waals surface area contributed by atoms with E-state index in [9.17, 15) is 0 Å². The van der Waals surface area contributed by atoms with Gasteiger partial charge in [0.25, 0.3) is 0 Å². The molecule has 0 spiro atoms. The van der Waals surface area contributed by atoms with E-state index < -0.39 is 0 Å². The minimum absolute atomic E-state index is 0.535. The van der Waals surface area contributed by atoms with Crippen LogP contribution >= 0.6 is 0 Å². The number of rotatable bonds is 12. The summed E-state index contributed by atoms with van der Waals surface area (Å²) in [4.78, 5) is 4.44. The van der Waals surface area contributed by atoms with Crippen molar-refractivity contribution in [1.29, 1.82) is 0 Å². The first-order valence-electron chi connectivity index (χ1n) is 8.76. The summed E-state index contributed by atoms with van der Waals surface area (Å²) in [6.07, 6.45) is 18.1. The molecular formula is C18H34N2. The Kier molecular flexibility index (Phi) is 9.44. The highest BCUT2D eigenvalue weighted by atomic mass is 15.1. The molecule has 0 N–H and O–H groups in total. The molecule has 0 saturated carbocycles. The molecule has 0 unspecified atom stereocenters. The molecule has 116 valence electrons. The van der Waals surface area contributed by atoms with Crippen molar-refractivity contribution >= 4 is 0 Å². The zero-order valence-corrected chi connectivity index (χ0v) is 13.9. The topological polar surface area (TPSA) is 17.8 Å². The fourth-order valence-electron chi connectivity index (χ4n) is 2.78. The van der Waals surface area contributed by atoms with E-state index in [1.165, 1.54) is 70.0 Å². The van der Waals surface area contributed by atoms with Gasteiger partial charge in [-0.3, -0.25) is 0 Å². The summed E-state index contributed by atoms with van der Waals surface area (Å²) in [7, 11) is 0. The molecule has 0 bridgehead atoms. The predicted molar refractivity (Wildman–Crippen MR) is 88.2 cm³/mol. The van der Waals surface area contributed by atoms with Crippen LogP contribution in [0.4, 0.5) is 0 Å². The number of hydrogen-bond acceptors (Lipinski definition) is 1. The second kappa shape index (κ2) is 10.9. The van der Waals surface area contributed by atoms with Gasteiger partial charge in [0.2, 0.25) is 0 Å². The smallest absolute Gasteiger partial charge is 0.111 e. The van der Waals surface area contributed by atoms with Crippen LogP contribution in [0.25, 0.3) is 0 Å². The maximum absolute atomic E-state index is 4.44. The number of unbranched alkanes of at least 4 members (excludes halogenated alkanes) is 9. The van der Waals surface area contributed by atoms with E-state index in [0.29, 0.717) is 5.92 Å². The molecule has 0 aliphatic rings. The molecule has 0 fully saturated rings. The van der Waals surface area contributed by atoms with Crippen LogP contribution in [0, 0.1) is 0 Å². The predicted octanol–water partition coefficient (Wildman–Crippen LogP) is 5.93. The molecule has 0 radical (unpaired) electrons. The second-order valence-corrected chi connectivity index (χ2v) is 6.32. The number of aryl methyl sites for hydroxylation is 1. The minimum atomic E-state index is 0.535. The summed E-state index contributed by atoms with van der Waals surface area (Å²) < 4.78 is 2.33. The monoisotopic (exact) mass is 278 g/mol. The zero-order chi connectivity index (χ0) is 14.6. The third-order valence-corrected chi connectivity index (χ3v) is 4.02. The van der Waals surface area contributed by atoms with Gasteiger partial charge in [0.1, 0.15) is 5.82 Å². The normalized spacial score (nSPS) is 11.4. The van der Waals surface area contributed by atoms with Gasteiger partial charge in [-0.25, -0.2) is 4.98 Å². The van der Waals surface area contributed by atoms with Gasteiger partial charge in [0.05, 0.1) is 0 Å². The van der Waals surface area contributed by atoms with Crippen molar-refractivity contribution in [1.82, 2.24) is 9.55 Å². The van der Waals surface area contributed by atoms with Gasteiger partial charge in [-0.15, -0.1) is 0 Å². The summed E-state index contributed by atoms with van der Waals surface area (Å²) in [6.45, 7) is 7.86. The van der Waals surface area contributed by atoms with Crippen LogP contribution in [0.2, 0.25) is 0 Å². The lowest BCUT2D eigenvalue weighted by molar-refractivity contribution is 0.523. The second-order valence-electron chi connectivity index (χ2n) is 6.32. The van der Waals surface area contributed by atoms with E-state index >= 15 is 0 Å². The molecule has 20 heavy (non-hydrogen) atoms. The first kappa shape index (κ1) is 17.3. The van der Waals surface area contributed by atoms with Gasteiger partial charge in [-0.2, -0.15) is 0 Å². The van der Waals surface area contributed by atoms with Crippen molar-refractivity contribution in [3.05, 3.63) is 18.2 Å². The van der Waals surface area contributed by atoms with Crippen LogP contribution in [-0.4, -0.2) is 9.55 Å². The lowest BCUT2D eigenvalue weighted by Crippen LogP contribution is -2.04. The van der Waals surface area contributed by atoms with Crippen LogP contribution in [0.5, 0.6) is 0 Å². The third kappa shape index (κ3) is 7.12. The minimum Gasteiger partial charge on any atom is -0.335 e. The van der Waals surface area contributed by atoms with Crippen LogP contribution in [-0.2, 0) is 6.54 Å². The summed E-state index contributed by atoms with van der Waals surface area (Å²) in [5, 5.41) is 0. The van der Waals surface area contributed by atoms with Crippen LogP contribution in [0.1, 0.15) is 96.7 Å². The summed E-state index contributed by atoms with van der Waals surface area (Å²) >= 11 is 0. The Morgan fingerprint density at radius 2 is 1.45 bits per heavy atom. The van der Waals surface area contributed by atoms with Gasteiger partial charge < -0.3 is 4.57 Å². The fraction of sp³-hybridized carbons (Fsp3) is 0.833. The van der Waals surface area contributed by atoms with Crippen molar-refractivity contribution in [3.8, 4) is 0 Å². The number of hydrogen-bond donors (Lipinski definition) is 0. The highest BCUT2D eigenvalue weighted by Gasteiger charge is 2.05. The molecule has 0 aliphatic carbocycles. The summed E-state index contributed by atoms with van der Waals surface area (Å²) in [5.74, 6) is 1.77. The number of aromatic nitrogens is 2. The van der Waals surface area contributed by atoms with Gasteiger partial charge in [-0.1, -0.05) is 78.6 Å². The number of imidazole rings is 1. The van der Waals surface area contributed by atoms with Gasteiger partial charge in [0.15, 0.2) is 0 Å². The van der Waals surface area contributed by atoms with Crippen molar-refractivity contribution in [2.45, 2.75) is 97.4 Å². The van der Waals surface area contributed by atoms with Crippen molar-refractivity contribution in [2.24, 2.45) is 0 Å². The molecule has 0 aromatic carbocycles. The fourth-order valence-corrected chi connectivity index (χ4v) is 2.78. The van der Waals surface area contributed by atoms with Crippen molar-refractivity contribution in [2.75, 3.05) is 0 Å². The third-order valence-electron chi connectivity index (χ3n) is 4.02. The molecule has 1 rings (SSSR count). The summed E-state index contributed by atoms with van der Waals surface area (Å²) in [6, 6.07) is 0. The van der Waals surface area contributed by atoms with Gasteiger partial charge >= 0.3 is 0 Å². The quantitative estimate of drug-likeness (QED) is 0.433. The zero-order valence-electron chi connectivity index (χ0n) is 13.9. The molecule has 0 aliphatic heterocycles. The standard InChI is InChI=1S/C18H34N2/c1-4-5-6-7-8-9-10-11-12-13-15-20-16-14-19-18(20)17(2)3/h14,16-17H,4-13,15H2,1-3H3. The van der Waals surface area contributed by atoms with Gasteiger partial charge in [-0.05, 0) is 6.42 Å². The molecule has 2 nitrogen and oxygen atoms in total. The first-order valence-corrected chi connectivity index (χ1v) is 8.76. The molecule has 1 aromatic heterocycles. The maximum atomic E-state index is 4.44. The Labute approximate surface area is 126 Å². The van der Waals surface area contributed by atoms with Crippen LogP contribution in [0.15, 0.2) is 12.4 Å². The van der Waals surface area contributed by atoms with Gasteiger partial charge in [0, 0.05) is 24.9 Å².